The summed E-state index contributed by atoms with van der Waals surface area (Å²) in [6.07, 6.45) is 2.88. The number of aliphatic carboxylic acids is 1. The number of carbonyl (C=O) groups is 5. The quantitative estimate of drug-likeness (QED) is 0.120. The summed E-state index contributed by atoms with van der Waals surface area (Å²) < 4.78 is 0. The van der Waals surface area contributed by atoms with Crippen LogP contribution in [0, 0.1) is 0 Å². The number of H-pyrrole nitrogens is 1. The van der Waals surface area contributed by atoms with E-state index in [0.29, 0.717) is 11.4 Å². The Morgan fingerprint density at radius 1 is 1.12 bits per heavy atom. The molecule has 15 heteroatoms. The second-order valence-corrected chi connectivity index (χ2v) is 8.51. The van der Waals surface area contributed by atoms with Gasteiger partial charge in [0, 0.05) is 18.3 Å². The van der Waals surface area contributed by atoms with Gasteiger partial charge < -0.3 is 42.6 Å². The van der Waals surface area contributed by atoms with Crippen molar-refractivity contribution in [1.29, 1.82) is 0 Å². The molecule has 0 bridgehead atoms. The fourth-order valence-corrected chi connectivity index (χ4v) is 3.30. The van der Waals surface area contributed by atoms with Gasteiger partial charge in [0.15, 0.2) is 6.04 Å². The molecule has 1 aromatic rings. The average molecular weight is 502 g/mol. The Morgan fingerprint density at radius 2 is 1.74 bits per heavy atom. The van der Waals surface area contributed by atoms with Gasteiger partial charge >= 0.3 is 5.97 Å². The molecular weight excluding hydrogens is 470 g/mol. The van der Waals surface area contributed by atoms with Gasteiger partial charge in [0.05, 0.1) is 24.9 Å². The topological polar surface area (TPSA) is 243 Å². The number of amides is 4. The van der Waals surface area contributed by atoms with Crippen molar-refractivity contribution in [3.8, 4) is 0 Å². The minimum Gasteiger partial charge on any atom is -0.480 e. The zero-order valence-electron chi connectivity index (χ0n) is 18.8. The third-order valence-corrected chi connectivity index (χ3v) is 5.30. The molecule has 1 rings (SSSR count). The molecule has 0 aliphatic carbocycles. The lowest BCUT2D eigenvalue weighted by molar-refractivity contribution is -0.145. The number of primary amides is 1. The average Bonchev–Trinajstić information content (AvgIpc) is 3.26. The van der Waals surface area contributed by atoms with E-state index in [4.69, 9.17) is 11.5 Å². The van der Waals surface area contributed by atoms with Gasteiger partial charge in [-0.3, -0.25) is 19.2 Å². The lowest BCUT2D eigenvalue weighted by Crippen LogP contribution is -2.59. The van der Waals surface area contributed by atoms with Crippen LogP contribution in [0.4, 0.5) is 0 Å². The largest absolute Gasteiger partial charge is 0.480 e. The summed E-state index contributed by atoms with van der Waals surface area (Å²) in [6.45, 7) is 1.20. The number of aliphatic hydroxyl groups is 1. The molecule has 5 unspecified atom stereocenters. The summed E-state index contributed by atoms with van der Waals surface area (Å²) in [5, 5.41) is 26.0. The summed E-state index contributed by atoms with van der Waals surface area (Å²) >= 11 is 1.42. The van der Waals surface area contributed by atoms with Crippen molar-refractivity contribution in [3.05, 3.63) is 18.2 Å². The highest BCUT2D eigenvalue weighted by molar-refractivity contribution is 7.98. The maximum atomic E-state index is 13.0. The fraction of sp³-hybridized carbons (Fsp3) is 0.579. The molecule has 0 saturated heterocycles. The molecule has 34 heavy (non-hydrogen) atoms. The summed E-state index contributed by atoms with van der Waals surface area (Å²) in [6, 6.07) is -5.22. The van der Waals surface area contributed by atoms with E-state index in [1.54, 1.807) is 6.26 Å². The Balaban J connectivity index is 3.04. The van der Waals surface area contributed by atoms with Crippen molar-refractivity contribution in [3.63, 3.8) is 0 Å². The van der Waals surface area contributed by atoms with Gasteiger partial charge in [-0.15, -0.1) is 0 Å². The predicted molar refractivity (Wildman–Crippen MR) is 122 cm³/mol. The summed E-state index contributed by atoms with van der Waals surface area (Å²) in [7, 11) is 0. The number of nitrogens with two attached hydrogens (primary N) is 2. The monoisotopic (exact) mass is 501 g/mol. The van der Waals surface area contributed by atoms with Crippen LogP contribution in [-0.2, 0) is 30.4 Å². The normalized spacial score (nSPS) is 15.3. The van der Waals surface area contributed by atoms with Crippen molar-refractivity contribution in [2.24, 2.45) is 11.5 Å². The van der Waals surface area contributed by atoms with Gasteiger partial charge in [-0.1, -0.05) is 0 Å². The molecule has 0 aromatic carbocycles. The van der Waals surface area contributed by atoms with E-state index in [1.165, 1.54) is 31.2 Å². The first-order chi connectivity index (χ1) is 16.0. The van der Waals surface area contributed by atoms with E-state index >= 15 is 0 Å². The van der Waals surface area contributed by atoms with Crippen LogP contribution in [0.3, 0.4) is 0 Å². The lowest BCUT2D eigenvalue weighted by atomic mass is 10.1. The number of nitrogens with one attached hydrogen (secondary N) is 4. The second-order valence-electron chi connectivity index (χ2n) is 7.53. The fourth-order valence-electron chi connectivity index (χ4n) is 2.83. The number of imidazole rings is 1. The smallest absolute Gasteiger partial charge is 0.328 e. The number of hydrogen-bond donors (Lipinski definition) is 8. The zero-order valence-corrected chi connectivity index (χ0v) is 19.6. The Hall–Kier alpha value is -3.17. The highest BCUT2D eigenvalue weighted by Crippen LogP contribution is 2.06. The molecule has 1 aromatic heterocycles. The van der Waals surface area contributed by atoms with Crippen molar-refractivity contribution in [2.45, 2.75) is 56.5 Å². The molecular formula is C19H31N7O7S. The van der Waals surface area contributed by atoms with Crippen LogP contribution < -0.4 is 27.4 Å². The van der Waals surface area contributed by atoms with Crippen LogP contribution in [0.5, 0.6) is 0 Å². The van der Waals surface area contributed by atoms with Gasteiger partial charge in [-0.05, 0) is 25.4 Å². The Morgan fingerprint density at radius 3 is 2.24 bits per heavy atom. The van der Waals surface area contributed by atoms with Crippen LogP contribution in [0.1, 0.15) is 25.5 Å². The van der Waals surface area contributed by atoms with E-state index in [9.17, 15) is 34.2 Å². The number of thioether (sulfide) groups is 1. The number of aromatic amines is 1. The summed E-state index contributed by atoms with van der Waals surface area (Å²) in [4.78, 5) is 67.1. The second kappa shape index (κ2) is 14.2. The van der Waals surface area contributed by atoms with E-state index < -0.39 is 66.3 Å². The van der Waals surface area contributed by atoms with E-state index in [0.717, 1.165) is 0 Å². The highest BCUT2D eigenvalue weighted by atomic mass is 32.2. The van der Waals surface area contributed by atoms with Gasteiger partial charge in [-0.2, -0.15) is 11.8 Å². The maximum absolute atomic E-state index is 13.0. The number of carbonyl (C=O) groups excluding carboxylic acids is 4. The van der Waals surface area contributed by atoms with E-state index in [1.807, 2.05) is 0 Å². The number of hydrogen-bond acceptors (Lipinski definition) is 9. The third kappa shape index (κ3) is 9.76. The summed E-state index contributed by atoms with van der Waals surface area (Å²) in [5.41, 5.74) is 11.2. The lowest BCUT2D eigenvalue weighted by Gasteiger charge is -2.25. The number of nitrogens with zero attached hydrogens (tertiary/aromatic N) is 1. The molecule has 10 N–H and O–H groups in total. The van der Waals surface area contributed by atoms with Crippen LogP contribution in [0.2, 0.25) is 0 Å². The molecule has 0 aliphatic rings. The van der Waals surface area contributed by atoms with Crippen molar-refractivity contribution < 1.29 is 34.2 Å². The van der Waals surface area contributed by atoms with Crippen molar-refractivity contribution in [2.75, 3.05) is 12.0 Å². The van der Waals surface area contributed by atoms with Gasteiger partial charge in [0.1, 0.15) is 12.1 Å². The maximum Gasteiger partial charge on any atom is 0.328 e. The van der Waals surface area contributed by atoms with Gasteiger partial charge in [0.25, 0.3) is 0 Å². The van der Waals surface area contributed by atoms with Crippen LogP contribution >= 0.6 is 11.8 Å². The Kier molecular flexibility index (Phi) is 12.0. The standard InChI is InChI=1S/C19H31N7O7S/c1-9(27)15(19(32)33)26-18(31)13(5-10-7-22-8-23-10)25-17(30)12(3-4-34-2)24-16(29)11(20)6-14(21)28/h7-9,11-13,15,27H,3-6,20H2,1-2H3,(H2,21,28)(H,22,23)(H,24,29)(H,25,30)(H,26,31)(H,32,33). The Labute approximate surface area is 200 Å². The first kappa shape index (κ1) is 28.9. The molecule has 0 fully saturated rings. The van der Waals surface area contributed by atoms with Crippen molar-refractivity contribution in [1.82, 2.24) is 25.9 Å². The number of aromatic nitrogens is 2. The Bertz CT molecular complexity index is 850. The molecule has 190 valence electrons. The molecule has 14 nitrogen and oxygen atoms in total. The van der Waals surface area contributed by atoms with Gasteiger partial charge in [0.2, 0.25) is 23.6 Å². The van der Waals surface area contributed by atoms with E-state index in [2.05, 4.69) is 25.9 Å². The summed E-state index contributed by atoms with van der Waals surface area (Å²) in [5.74, 6) is -4.12. The van der Waals surface area contributed by atoms with Crippen molar-refractivity contribution >= 4 is 41.4 Å². The molecule has 0 spiro atoms. The number of carboxylic acids is 1. The number of carboxylic acid groups (broad SMARTS) is 1. The molecule has 4 amide bonds. The van der Waals surface area contributed by atoms with E-state index in [-0.39, 0.29) is 12.8 Å². The molecule has 5 atom stereocenters. The molecule has 1 heterocycles. The van der Waals surface area contributed by atoms with Gasteiger partial charge in [-0.25, -0.2) is 9.78 Å². The SMILES string of the molecule is CSCCC(NC(=O)C(N)CC(N)=O)C(=O)NC(Cc1cnc[nH]1)C(=O)NC(C(=O)O)C(C)O. The molecule has 0 radical (unpaired) electrons. The first-order valence-electron chi connectivity index (χ1n) is 10.3. The van der Waals surface area contributed by atoms with Crippen LogP contribution in [-0.4, -0.2) is 92.1 Å². The van der Waals surface area contributed by atoms with Crippen LogP contribution in [0.15, 0.2) is 12.5 Å². The van der Waals surface area contributed by atoms with Crippen LogP contribution in [0.25, 0.3) is 0 Å². The number of aliphatic hydroxyl groups excluding tert-OH is 1. The molecule has 0 saturated carbocycles. The minimum atomic E-state index is -1.60. The predicted octanol–water partition coefficient (Wildman–Crippen LogP) is -3.17. The number of rotatable bonds is 15. The zero-order chi connectivity index (χ0) is 25.8. The highest BCUT2D eigenvalue weighted by Gasteiger charge is 2.32. The minimum absolute atomic E-state index is 0.0753. The first-order valence-corrected chi connectivity index (χ1v) is 11.7. The molecule has 0 aliphatic heterocycles. The third-order valence-electron chi connectivity index (χ3n) is 4.66.